The summed E-state index contributed by atoms with van der Waals surface area (Å²) < 4.78 is 5.97. The molecule has 4 aliphatic carbocycles. The molecule has 106 valence electrons. The summed E-state index contributed by atoms with van der Waals surface area (Å²) in [6.07, 6.45) is 9.70. The quantitative estimate of drug-likeness (QED) is 0.421. The maximum absolute atomic E-state index is 12.0. The standard InChI is InChI=1S/C17H26O2/c1-3-4-5-6-16(18)19-17-9-13-7-14(10-17)12(2)15(8-13)11-17/h13-15H,2-11H2,1H3. The van der Waals surface area contributed by atoms with Gasteiger partial charge < -0.3 is 4.74 Å². The largest absolute Gasteiger partial charge is 0.459 e. The first-order valence-electron chi connectivity index (χ1n) is 8.02. The molecule has 0 aromatic carbocycles. The average molecular weight is 262 g/mol. The molecule has 2 atom stereocenters. The Hall–Kier alpha value is -0.790. The normalized spacial score (nSPS) is 39.6. The third kappa shape index (κ3) is 2.46. The SMILES string of the molecule is C=C1C2CC3CC1CC(OC(=O)CCCCC)(C3)C2. The van der Waals surface area contributed by atoms with Crippen LogP contribution in [0.3, 0.4) is 0 Å². The number of carbonyl (C=O) groups is 1. The molecule has 0 aromatic rings. The van der Waals surface area contributed by atoms with E-state index < -0.39 is 0 Å². The molecular weight excluding hydrogens is 236 g/mol. The zero-order valence-electron chi connectivity index (χ0n) is 12.1. The highest BCUT2D eigenvalue weighted by atomic mass is 16.6. The molecule has 0 radical (unpaired) electrons. The zero-order valence-corrected chi connectivity index (χ0v) is 12.1. The fraction of sp³-hybridized carbons (Fsp3) is 0.824. The number of hydrogen-bond acceptors (Lipinski definition) is 2. The minimum absolute atomic E-state index is 0.0426. The third-order valence-electron chi connectivity index (χ3n) is 5.50. The van der Waals surface area contributed by atoms with Crippen LogP contribution in [0, 0.1) is 17.8 Å². The molecule has 4 rings (SSSR count). The van der Waals surface area contributed by atoms with Gasteiger partial charge in [-0.1, -0.05) is 31.9 Å². The van der Waals surface area contributed by atoms with Gasteiger partial charge >= 0.3 is 5.97 Å². The van der Waals surface area contributed by atoms with Gasteiger partial charge in [0.05, 0.1) is 0 Å². The van der Waals surface area contributed by atoms with Gasteiger partial charge in [-0.3, -0.25) is 4.79 Å². The van der Waals surface area contributed by atoms with Crippen LogP contribution in [-0.2, 0) is 9.53 Å². The van der Waals surface area contributed by atoms with Crippen molar-refractivity contribution >= 4 is 5.97 Å². The van der Waals surface area contributed by atoms with Crippen LogP contribution in [0.5, 0.6) is 0 Å². The summed E-state index contributed by atoms with van der Waals surface area (Å²) in [6.45, 7) is 6.45. The fourth-order valence-electron chi connectivity index (χ4n) is 4.74. The van der Waals surface area contributed by atoms with E-state index in [4.69, 9.17) is 4.74 Å². The molecular formula is C17H26O2. The predicted molar refractivity (Wildman–Crippen MR) is 75.7 cm³/mol. The van der Waals surface area contributed by atoms with Crippen LogP contribution in [0.1, 0.15) is 64.7 Å². The van der Waals surface area contributed by atoms with E-state index in [2.05, 4.69) is 13.5 Å². The topological polar surface area (TPSA) is 26.3 Å². The lowest BCUT2D eigenvalue weighted by Crippen LogP contribution is -2.53. The Kier molecular flexibility index (Phi) is 3.44. The summed E-state index contributed by atoms with van der Waals surface area (Å²) in [7, 11) is 0. The summed E-state index contributed by atoms with van der Waals surface area (Å²) in [5, 5.41) is 0. The van der Waals surface area contributed by atoms with Crippen molar-refractivity contribution in [3.63, 3.8) is 0 Å². The van der Waals surface area contributed by atoms with Gasteiger partial charge in [-0.2, -0.15) is 0 Å². The predicted octanol–water partition coefficient (Wildman–Crippen LogP) is 4.24. The second-order valence-corrected chi connectivity index (χ2v) is 7.03. The van der Waals surface area contributed by atoms with Crippen molar-refractivity contribution in [3.05, 3.63) is 12.2 Å². The molecule has 0 aliphatic heterocycles. The fourth-order valence-corrected chi connectivity index (χ4v) is 4.74. The monoisotopic (exact) mass is 262 g/mol. The molecule has 4 saturated carbocycles. The van der Waals surface area contributed by atoms with E-state index in [-0.39, 0.29) is 11.6 Å². The Bertz CT molecular complexity index is 367. The van der Waals surface area contributed by atoms with Gasteiger partial charge in [-0.05, 0) is 56.3 Å². The van der Waals surface area contributed by atoms with Gasteiger partial charge in [0.15, 0.2) is 0 Å². The highest BCUT2D eigenvalue weighted by Gasteiger charge is 2.54. The second-order valence-electron chi connectivity index (χ2n) is 7.03. The maximum atomic E-state index is 12.0. The molecule has 0 spiro atoms. The number of hydrogen-bond donors (Lipinski definition) is 0. The number of ether oxygens (including phenoxy) is 1. The Morgan fingerprint density at radius 1 is 1.26 bits per heavy atom. The van der Waals surface area contributed by atoms with E-state index in [1.54, 1.807) is 0 Å². The molecule has 0 N–H and O–H groups in total. The number of esters is 1. The van der Waals surface area contributed by atoms with Crippen molar-refractivity contribution in [1.29, 1.82) is 0 Å². The number of carbonyl (C=O) groups excluding carboxylic acids is 1. The van der Waals surface area contributed by atoms with Crippen molar-refractivity contribution in [2.45, 2.75) is 70.3 Å². The van der Waals surface area contributed by atoms with Crippen molar-refractivity contribution in [2.75, 3.05) is 0 Å². The van der Waals surface area contributed by atoms with Gasteiger partial charge in [-0.15, -0.1) is 0 Å². The lowest BCUT2D eigenvalue weighted by Gasteiger charge is -2.56. The summed E-state index contributed by atoms with van der Waals surface area (Å²) >= 11 is 0. The van der Waals surface area contributed by atoms with Crippen LogP contribution in [0.25, 0.3) is 0 Å². The average Bonchev–Trinajstić information content (AvgIpc) is 2.34. The number of allylic oxidation sites excluding steroid dienone is 1. The Morgan fingerprint density at radius 2 is 1.95 bits per heavy atom. The van der Waals surface area contributed by atoms with E-state index >= 15 is 0 Å². The first kappa shape index (κ1) is 13.2. The molecule has 4 fully saturated rings. The highest BCUT2D eigenvalue weighted by molar-refractivity contribution is 5.70. The zero-order chi connectivity index (χ0) is 13.5. The third-order valence-corrected chi connectivity index (χ3v) is 5.50. The van der Waals surface area contributed by atoms with Gasteiger partial charge in [0.25, 0.3) is 0 Å². The molecule has 0 amide bonds. The second kappa shape index (κ2) is 4.96. The lowest BCUT2D eigenvalue weighted by molar-refractivity contribution is -0.180. The van der Waals surface area contributed by atoms with Crippen molar-refractivity contribution in [1.82, 2.24) is 0 Å². The minimum Gasteiger partial charge on any atom is -0.459 e. The first-order valence-corrected chi connectivity index (χ1v) is 8.02. The van der Waals surface area contributed by atoms with E-state index in [1.165, 1.54) is 18.4 Å². The lowest BCUT2D eigenvalue weighted by atomic mass is 9.52. The van der Waals surface area contributed by atoms with Gasteiger partial charge in [-0.25, -0.2) is 0 Å². The molecule has 0 aromatic heterocycles. The molecule has 2 heteroatoms. The van der Waals surface area contributed by atoms with Crippen LogP contribution < -0.4 is 0 Å². The van der Waals surface area contributed by atoms with E-state index in [9.17, 15) is 4.79 Å². The van der Waals surface area contributed by atoms with E-state index in [1.807, 2.05) is 0 Å². The molecule has 0 heterocycles. The summed E-state index contributed by atoms with van der Waals surface area (Å²) in [5.41, 5.74) is 1.34. The molecule has 4 bridgehead atoms. The van der Waals surface area contributed by atoms with Crippen LogP contribution in [0.15, 0.2) is 12.2 Å². The Morgan fingerprint density at radius 3 is 2.58 bits per heavy atom. The molecule has 2 unspecified atom stereocenters. The summed E-state index contributed by atoms with van der Waals surface area (Å²) in [6, 6.07) is 0. The van der Waals surface area contributed by atoms with Crippen LogP contribution >= 0.6 is 0 Å². The molecule has 2 nitrogen and oxygen atoms in total. The van der Waals surface area contributed by atoms with Crippen molar-refractivity contribution < 1.29 is 9.53 Å². The molecule has 0 saturated heterocycles. The summed E-state index contributed by atoms with van der Waals surface area (Å²) in [5.74, 6) is 2.09. The minimum atomic E-state index is -0.110. The molecule has 19 heavy (non-hydrogen) atoms. The Balaban J connectivity index is 1.61. The number of unbranched alkanes of at least 4 members (excludes halogenated alkanes) is 2. The maximum Gasteiger partial charge on any atom is 0.306 e. The van der Waals surface area contributed by atoms with Gasteiger partial charge in [0.2, 0.25) is 0 Å². The number of rotatable bonds is 5. The summed E-state index contributed by atoms with van der Waals surface area (Å²) in [4.78, 5) is 12.0. The highest BCUT2D eigenvalue weighted by Crippen LogP contribution is 2.59. The van der Waals surface area contributed by atoms with E-state index in [0.29, 0.717) is 18.3 Å². The first-order chi connectivity index (χ1) is 9.12. The van der Waals surface area contributed by atoms with Crippen LogP contribution in [-0.4, -0.2) is 11.6 Å². The van der Waals surface area contributed by atoms with Crippen molar-refractivity contribution in [3.8, 4) is 0 Å². The van der Waals surface area contributed by atoms with Gasteiger partial charge in [0, 0.05) is 6.42 Å². The van der Waals surface area contributed by atoms with E-state index in [0.717, 1.165) is 44.4 Å². The van der Waals surface area contributed by atoms with Crippen LogP contribution in [0.2, 0.25) is 0 Å². The van der Waals surface area contributed by atoms with Crippen LogP contribution in [0.4, 0.5) is 0 Å². The molecule has 4 aliphatic rings. The Labute approximate surface area is 116 Å². The van der Waals surface area contributed by atoms with Gasteiger partial charge in [0.1, 0.15) is 5.60 Å². The smallest absolute Gasteiger partial charge is 0.306 e. The van der Waals surface area contributed by atoms with Crippen molar-refractivity contribution in [2.24, 2.45) is 17.8 Å².